The molecule has 0 saturated carbocycles. The Labute approximate surface area is 113 Å². The molecule has 1 aromatic rings. The molecule has 1 aromatic heterocycles. The summed E-state index contributed by atoms with van der Waals surface area (Å²) in [5.74, 6) is 0.221. The van der Waals surface area contributed by atoms with Crippen molar-refractivity contribution in [3.8, 4) is 0 Å². The Morgan fingerprint density at radius 1 is 1.59 bits per heavy atom. The molecule has 0 N–H and O–H groups in total. The van der Waals surface area contributed by atoms with Crippen molar-refractivity contribution in [1.29, 1.82) is 0 Å². The number of carbonyl (C=O) groups is 1. The molecule has 0 spiro atoms. The van der Waals surface area contributed by atoms with Gasteiger partial charge in [-0.05, 0) is 37.6 Å². The summed E-state index contributed by atoms with van der Waals surface area (Å²) in [4.78, 5) is 14.9. The molecule has 1 heterocycles. The lowest BCUT2D eigenvalue weighted by atomic mass is 10.2. The molecule has 0 saturated heterocycles. The molecule has 96 valence electrons. The van der Waals surface area contributed by atoms with Gasteiger partial charge in [0.15, 0.2) is 0 Å². The fourth-order valence-corrected chi connectivity index (χ4v) is 2.40. The maximum atomic E-state index is 11.8. The molecule has 0 bridgehead atoms. The number of rotatable bonds is 7. The molecular formula is C13H20ClNOS. The Bertz CT molecular complexity index is 324. The van der Waals surface area contributed by atoms with Crippen LogP contribution < -0.4 is 0 Å². The van der Waals surface area contributed by atoms with E-state index in [1.807, 2.05) is 14.0 Å². The molecule has 0 aliphatic carbocycles. The van der Waals surface area contributed by atoms with Crippen LogP contribution in [0.5, 0.6) is 0 Å². The van der Waals surface area contributed by atoms with Crippen molar-refractivity contribution < 1.29 is 4.79 Å². The second kappa shape index (κ2) is 7.72. The Kier molecular flexibility index (Phi) is 6.60. The van der Waals surface area contributed by atoms with Crippen molar-refractivity contribution in [3.63, 3.8) is 0 Å². The number of nitrogens with zero attached hydrogens (tertiary/aromatic N) is 1. The van der Waals surface area contributed by atoms with Crippen LogP contribution in [0.15, 0.2) is 17.5 Å². The van der Waals surface area contributed by atoms with Crippen molar-refractivity contribution >= 4 is 28.8 Å². The van der Waals surface area contributed by atoms with E-state index >= 15 is 0 Å². The lowest BCUT2D eigenvalue weighted by molar-refractivity contribution is -0.130. The van der Waals surface area contributed by atoms with Gasteiger partial charge in [-0.1, -0.05) is 6.07 Å². The molecule has 1 amide bonds. The molecule has 2 nitrogen and oxygen atoms in total. The average molecular weight is 274 g/mol. The molecule has 0 aromatic carbocycles. The zero-order valence-corrected chi connectivity index (χ0v) is 12.1. The van der Waals surface area contributed by atoms with Crippen LogP contribution in [0, 0.1) is 0 Å². The molecule has 0 radical (unpaired) electrons. The highest BCUT2D eigenvalue weighted by Gasteiger charge is 2.09. The average Bonchev–Trinajstić information content (AvgIpc) is 2.78. The largest absolute Gasteiger partial charge is 0.346 e. The SMILES string of the molecule is CC(Cl)CCN(C)C(=O)CCCc1cccs1. The minimum absolute atomic E-state index is 0.136. The van der Waals surface area contributed by atoms with E-state index in [9.17, 15) is 4.79 Å². The van der Waals surface area contributed by atoms with Crippen molar-refractivity contribution in [2.24, 2.45) is 0 Å². The van der Waals surface area contributed by atoms with Gasteiger partial charge in [-0.3, -0.25) is 4.79 Å². The highest BCUT2D eigenvalue weighted by Crippen LogP contribution is 2.12. The smallest absolute Gasteiger partial charge is 0.222 e. The first-order valence-electron chi connectivity index (χ1n) is 6.00. The van der Waals surface area contributed by atoms with Crippen LogP contribution in [0.2, 0.25) is 0 Å². The number of hydrogen-bond donors (Lipinski definition) is 0. The minimum atomic E-state index is 0.136. The van der Waals surface area contributed by atoms with E-state index in [0.29, 0.717) is 6.42 Å². The van der Waals surface area contributed by atoms with Gasteiger partial charge in [0.1, 0.15) is 0 Å². The molecule has 0 fully saturated rings. The molecule has 17 heavy (non-hydrogen) atoms. The predicted octanol–water partition coefficient (Wildman–Crippen LogP) is 3.55. The second-order valence-corrected chi connectivity index (χ2v) is 6.09. The van der Waals surface area contributed by atoms with Crippen molar-refractivity contribution in [2.75, 3.05) is 13.6 Å². The summed E-state index contributed by atoms with van der Waals surface area (Å²) in [7, 11) is 1.85. The number of aryl methyl sites for hydroxylation is 1. The van der Waals surface area contributed by atoms with E-state index in [4.69, 9.17) is 11.6 Å². The third-order valence-corrected chi connectivity index (χ3v) is 3.84. The summed E-state index contributed by atoms with van der Waals surface area (Å²) >= 11 is 7.62. The summed E-state index contributed by atoms with van der Waals surface area (Å²) < 4.78 is 0. The van der Waals surface area contributed by atoms with E-state index in [0.717, 1.165) is 25.8 Å². The molecule has 1 rings (SSSR count). The zero-order chi connectivity index (χ0) is 12.7. The third-order valence-electron chi connectivity index (χ3n) is 2.68. The Hall–Kier alpha value is -0.540. The van der Waals surface area contributed by atoms with Gasteiger partial charge in [0.05, 0.1) is 0 Å². The van der Waals surface area contributed by atoms with Crippen LogP contribution in [0.4, 0.5) is 0 Å². The fraction of sp³-hybridized carbons (Fsp3) is 0.615. The summed E-state index contributed by atoms with van der Waals surface area (Å²) in [6.45, 7) is 2.71. The standard InChI is InChI=1S/C13H20ClNOS/c1-11(14)8-9-15(2)13(16)7-3-5-12-6-4-10-17-12/h4,6,10-11H,3,5,7-9H2,1-2H3. The van der Waals surface area contributed by atoms with Crippen LogP contribution >= 0.6 is 22.9 Å². The van der Waals surface area contributed by atoms with Gasteiger partial charge in [-0.15, -0.1) is 22.9 Å². The number of alkyl halides is 1. The second-order valence-electron chi connectivity index (χ2n) is 4.32. The lowest BCUT2D eigenvalue weighted by Crippen LogP contribution is -2.28. The predicted molar refractivity (Wildman–Crippen MR) is 74.8 cm³/mol. The minimum Gasteiger partial charge on any atom is -0.346 e. The van der Waals surface area contributed by atoms with Gasteiger partial charge in [-0.25, -0.2) is 0 Å². The Balaban J connectivity index is 2.15. The van der Waals surface area contributed by atoms with E-state index in [2.05, 4.69) is 17.5 Å². The van der Waals surface area contributed by atoms with Crippen LogP contribution in [0.1, 0.15) is 31.1 Å². The normalized spacial score (nSPS) is 12.4. The van der Waals surface area contributed by atoms with E-state index < -0.39 is 0 Å². The number of halogens is 1. The third kappa shape index (κ3) is 6.08. The maximum Gasteiger partial charge on any atom is 0.222 e. The molecule has 0 aliphatic heterocycles. The van der Waals surface area contributed by atoms with Crippen molar-refractivity contribution in [2.45, 2.75) is 38.0 Å². The van der Waals surface area contributed by atoms with E-state index in [1.54, 1.807) is 16.2 Å². The quantitative estimate of drug-likeness (QED) is 0.696. The van der Waals surface area contributed by atoms with Crippen LogP contribution in [0.25, 0.3) is 0 Å². The molecule has 4 heteroatoms. The van der Waals surface area contributed by atoms with Gasteiger partial charge in [0.2, 0.25) is 5.91 Å². The Morgan fingerprint density at radius 2 is 2.35 bits per heavy atom. The molecular weight excluding hydrogens is 254 g/mol. The van der Waals surface area contributed by atoms with Gasteiger partial charge < -0.3 is 4.90 Å². The first-order valence-corrected chi connectivity index (χ1v) is 7.31. The van der Waals surface area contributed by atoms with E-state index in [-0.39, 0.29) is 11.3 Å². The topological polar surface area (TPSA) is 20.3 Å². The molecule has 0 aliphatic rings. The van der Waals surface area contributed by atoms with Gasteiger partial charge >= 0.3 is 0 Å². The van der Waals surface area contributed by atoms with Crippen molar-refractivity contribution in [1.82, 2.24) is 4.90 Å². The van der Waals surface area contributed by atoms with Crippen LogP contribution in [0.3, 0.4) is 0 Å². The summed E-state index contributed by atoms with van der Waals surface area (Å²) in [6, 6.07) is 4.17. The number of hydrogen-bond acceptors (Lipinski definition) is 2. The van der Waals surface area contributed by atoms with Gasteiger partial charge in [0.25, 0.3) is 0 Å². The summed E-state index contributed by atoms with van der Waals surface area (Å²) in [6.07, 6.45) is 3.42. The maximum absolute atomic E-state index is 11.8. The molecule has 1 atom stereocenters. The first-order chi connectivity index (χ1) is 8.09. The summed E-state index contributed by atoms with van der Waals surface area (Å²) in [5, 5.41) is 2.21. The van der Waals surface area contributed by atoms with Crippen LogP contribution in [-0.2, 0) is 11.2 Å². The monoisotopic (exact) mass is 273 g/mol. The van der Waals surface area contributed by atoms with Crippen LogP contribution in [-0.4, -0.2) is 29.8 Å². The first kappa shape index (κ1) is 14.5. The van der Waals surface area contributed by atoms with Gasteiger partial charge in [-0.2, -0.15) is 0 Å². The highest BCUT2D eigenvalue weighted by molar-refractivity contribution is 7.09. The van der Waals surface area contributed by atoms with E-state index in [1.165, 1.54) is 4.88 Å². The number of carbonyl (C=O) groups excluding carboxylic acids is 1. The van der Waals surface area contributed by atoms with Gasteiger partial charge in [0, 0.05) is 30.3 Å². The number of thiophene rings is 1. The van der Waals surface area contributed by atoms with Crippen molar-refractivity contribution in [3.05, 3.63) is 22.4 Å². The number of amides is 1. The zero-order valence-electron chi connectivity index (χ0n) is 10.5. The molecule has 1 unspecified atom stereocenters. The highest BCUT2D eigenvalue weighted by atomic mass is 35.5. The fourth-order valence-electron chi connectivity index (χ4n) is 1.56. The Morgan fingerprint density at radius 3 is 2.94 bits per heavy atom. The lowest BCUT2D eigenvalue weighted by Gasteiger charge is -2.17. The summed E-state index contributed by atoms with van der Waals surface area (Å²) in [5.41, 5.74) is 0.